The van der Waals surface area contributed by atoms with Crippen LogP contribution in [-0.2, 0) is 10.0 Å². The molecule has 1 aromatic carbocycles. The Balaban J connectivity index is 1.81. The van der Waals surface area contributed by atoms with Gasteiger partial charge in [0.05, 0.1) is 0 Å². The summed E-state index contributed by atoms with van der Waals surface area (Å²) in [7, 11) is -2.05. The van der Waals surface area contributed by atoms with Crippen LogP contribution < -0.4 is 4.90 Å². The number of sulfonamides is 1. The van der Waals surface area contributed by atoms with E-state index in [1.807, 2.05) is 18.2 Å². The van der Waals surface area contributed by atoms with Crippen molar-refractivity contribution in [2.24, 2.45) is 0 Å². The van der Waals surface area contributed by atoms with Crippen molar-refractivity contribution in [3.8, 4) is 0 Å². The average molecular weight is 348 g/mol. The van der Waals surface area contributed by atoms with Crippen molar-refractivity contribution in [1.29, 1.82) is 0 Å². The monoisotopic (exact) mass is 348 g/mol. The summed E-state index contributed by atoms with van der Waals surface area (Å²) >= 11 is 0. The van der Waals surface area contributed by atoms with Crippen molar-refractivity contribution in [2.75, 3.05) is 25.0 Å². The van der Waals surface area contributed by atoms with Gasteiger partial charge in [-0.05, 0) is 37.1 Å². The topological polar surface area (TPSA) is 70.8 Å². The fourth-order valence-corrected chi connectivity index (χ4v) is 4.17. The van der Waals surface area contributed by atoms with E-state index in [4.69, 9.17) is 4.42 Å². The lowest BCUT2D eigenvalue weighted by Crippen LogP contribution is -2.35. The average Bonchev–Trinajstić information content (AvgIpc) is 3.13. The van der Waals surface area contributed by atoms with Gasteiger partial charge in [0.15, 0.2) is 5.76 Å². The summed E-state index contributed by atoms with van der Waals surface area (Å²) < 4.78 is 31.9. The Morgan fingerprint density at radius 3 is 2.38 bits per heavy atom. The number of carbonyl (C=O) groups is 1. The number of rotatable bonds is 4. The van der Waals surface area contributed by atoms with E-state index in [-0.39, 0.29) is 16.8 Å². The van der Waals surface area contributed by atoms with Crippen LogP contribution in [0.25, 0.3) is 0 Å². The third-order valence-electron chi connectivity index (χ3n) is 4.15. The second-order valence-corrected chi connectivity index (χ2v) is 7.65. The van der Waals surface area contributed by atoms with E-state index in [1.165, 1.54) is 21.3 Å². The quantitative estimate of drug-likeness (QED) is 0.852. The third kappa shape index (κ3) is 3.22. The summed E-state index contributed by atoms with van der Waals surface area (Å²) in [4.78, 5) is 13.9. The molecule has 0 atom stereocenters. The number of hydrogen-bond donors (Lipinski definition) is 0. The summed E-state index contributed by atoms with van der Waals surface area (Å²) in [5, 5.41) is -0.172. The van der Waals surface area contributed by atoms with Gasteiger partial charge in [-0.2, -0.15) is 4.31 Å². The van der Waals surface area contributed by atoms with Crippen LogP contribution in [0.4, 0.5) is 5.69 Å². The Labute approximate surface area is 141 Å². The molecule has 0 saturated carbocycles. The molecule has 0 N–H and O–H groups in total. The minimum absolute atomic E-state index is 0.0111. The van der Waals surface area contributed by atoms with Gasteiger partial charge >= 0.3 is 0 Å². The molecule has 0 spiro atoms. The van der Waals surface area contributed by atoms with Crippen molar-refractivity contribution in [2.45, 2.75) is 24.4 Å². The maximum Gasteiger partial charge on any atom is 0.293 e. The molecule has 0 bridgehead atoms. The number of piperidine rings is 1. The standard InChI is InChI=1S/C17H20N2O4S/c1-18(14-8-4-2-5-9-14)17(20)15-10-11-16(23-15)24(21,22)19-12-6-3-7-13-19/h2,4-5,8-11H,3,6-7,12-13H2,1H3. The van der Waals surface area contributed by atoms with Crippen LogP contribution >= 0.6 is 0 Å². The summed E-state index contributed by atoms with van der Waals surface area (Å²) in [5.74, 6) is -0.377. The molecular formula is C17H20N2O4S. The molecule has 0 unspecified atom stereocenters. The molecule has 0 radical (unpaired) electrons. The summed E-state index contributed by atoms with van der Waals surface area (Å²) in [6, 6.07) is 11.9. The predicted molar refractivity (Wildman–Crippen MR) is 90.5 cm³/mol. The third-order valence-corrected chi connectivity index (χ3v) is 5.92. The lowest BCUT2D eigenvalue weighted by Gasteiger charge is -2.24. The first-order valence-electron chi connectivity index (χ1n) is 7.93. The van der Waals surface area contributed by atoms with Crippen LogP contribution in [0.3, 0.4) is 0 Å². The van der Waals surface area contributed by atoms with Gasteiger partial charge in [-0.25, -0.2) is 8.42 Å². The van der Waals surface area contributed by atoms with E-state index < -0.39 is 10.0 Å². The Kier molecular flexibility index (Phi) is 4.73. The van der Waals surface area contributed by atoms with E-state index >= 15 is 0 Å². The highest BCUT2D eigenvalue weighted by atomic mass is 32.2. The van der Waals surface area contributed by atoms with Crippen LogP contribution in [0.1, 0.15) is 29.8 Å². The lowest BCUT2D eigenvalue weighted by atomic mass is 10.2. The van der Waals surface area contributed by atoms with Gasteiger partial charge in [0.2, 0.25) is 5.09 Å². The number of hydrogen-bond acceptors (Lipinski definition) is 4. The number of nitrogens with zero attached hydrogens (tertiary/aromatic N) is 2. The lowest BCUT2D eigenvalue weighted by molar-refractivity contribution is 0.0961. The molecule has 1 aromatic heterocycles. The number of benzene rings is 1. The van der Waals surface area contributed by atoms with Crippen molar-refractivity contribution in [3.05, 3.63) is 48.2 Å². The van der Waals surface area contributed by atoms with Crippen molar-refractivity contribution in [3.63, 3.8) is 0 Å². The summed E-state index contributed by atoms with van der Waals surface area (Å²) in [6.45, 7) is 0.993. The van der Waals surface area contributed by atoms with E-state index in [2.05, 4.69) is 0 Å². The number of para-hydroxylation sites is 1. The molecule has 7 heteroatoms. The van der Waals surface area contributed by atoms with Crippen LogP contribution in [0.2, 0.25) is 0 Å². The molecule has 3 rings (SSSR count). The van der Waals surface area contributed by atoms with E-state index in [0.29, 0.717) is 18.8 Å². The van der Waals surface area contributed by atoms with Gasteiger partial charge < -0.3 is 9.32 Å². The van der Waals surface area contributed by atoms with Gasteiger partial charge in [0.25, 0.3) is 15.9 Å². The maximum atomic E-state index is 12.6. The Morgan fingerprint density at radius 2 is 1.71 bits per heavy atom. The second-order valence-electron chi connectivity index (χ2n) is 5.78. The smallest absolute Gasteiger partial charge is 0.293 e. The zero-order chi connectivity index (χ0) is 17.2. The molecular weight excluding hydrogens is 328 g/mol. The van der Waals surface area contributed by atoms with Crippen LogP contribution in [0.15, 0.2) is 52.0 Å². The Morgan fingerprint density at radius 1 is 1.04 bits per heavy atom. The number of anilines is 1. The molecule has 6 nitrogen and oxygen atoms in total. The molecule has 1 fully saturated rings. The highest BCUT2D eigenvalue weighted by molar-refractivity contribution is 7.89. The van der Waals surface area contributed by atoms with Crippen LogP contribution in [0.5, 0.6) is 0 Å². The fourth-order valence-electron chi connectivity index (χ4n) is 2.74. The van der Waals surface area contributed by atoms with Gasteiger partial charge in [0, 0.05) is 25.8 Å². The van der Waals surface area contributed by atoms with Gasteiger partial charge in [-0.1, -0.05) is 24.6 Å². The SMILES string of the molecule is CN(C(=O)c1ccc(S(=O)(=O)N2CCCCC2)o1)c1ccccc1. The highest BCUT2D eigenvalue weighted by Gasteiger charge is 2.30. The fraction of sp³-hybridized carbons (Fsp3) is 0.353. The largest absolute Gasteiger partial charge is 0.438 e. The molecule has 1 saturated heterocycles. The molecule has 0 aliphatic carbocycles. The van der Waals surface area contributed by atoms with Gasteiger partial charge in [-0.3, -0.25) is 4.79 Å². The van der Waals surface area contributed by atoms with E-state index in [9.17, 15) is 13.2 Å². The number of amides is 1. The summed E-state index contributed by atoms with van der Waals surface area (Å²) in [6.07, 6.45) is 2.74. The molecule has 1 aliphatic heterocycles. The van der Waals surface area contributed by atoms with Gasteiger partial charge in [-0.15, -0.1) is 0 Å². The minimum Gasteiger partial charge on any atom is -0.438 e. The first-order valence-corrected chi connectivity index (χ1v) is 9.37. The highest BCUT2D eigenvalue weighted by Crippen LogP contribution is 2.24. The minimum atomic E-state index is -3.67. The summed E-state index contributed by atoms with van der Waals surface area (Å²) in [5.41, 5.74) is 0.708. The van der Waals surface area contributed by atoms with E-state index in [0.717, 1.165) is 19.3 Å². The maximum absolute atomic E-state index is 12.6. The zero-order valence-electron chi connectivity index (χ0n) is 13.5. The number of furan rings is 1. The molecule has 2 aromatic rings. The number of carbonyl (C=O) groups excluding carboxylic acids is 1. The molecule has 24 heavy (non-hydrogen) atoms. The second kappa shape index (κ2) is 6.78. The zero-order valence-corrected chi connectivity index (χ0v) is 14.3. The molecule has 2 heterocycles. The van der Waals surface area contributed by atoms with Crippen LogP contribution in [0, 0.1) is 0 Å². The van der Waals surface area contributed by atoms with Crippen LogP contribution in [-0.4, -0.2) is 38.8 Å². The van der Waals surface area contributed by atoms with Crippen molar-refractivity contribution >= 4 is 21.6 Å². The van der Waals surface area contributed by atoms with Crippen molar-refractivity contribution < 1.29 is 17.6 Å². The van der Waals surface area contributed by atoms with Crippen molar-refractivity contribution in [1.82, 2.24) is 4.31 Å². The van der Waals surface area contributed by atoms with Gasteiger partial charge in [0.1, 0.15) is 0 Å². The molecule has 1 amide bonds. The Hall–Kier alpha value is -2.12. The predicted octanol–water partition coefficient (Wildman–Crippen LogP) is 2.73. The first kappa shape index (κ1) is 16.7. The van der Waals surface area contributed by atoms with E-state index in [1.54, 1.807) is 19.2 Å². The molecule has 128 valence electrons. The molecule has 1 aliphatic rings. The normalized spacial score (nSPS) is 16.0. The Bertz CT molecular complexity index is 808. The first-order chi connectivity index (χ1) is 11.5.